The van der Waals surface area contributed by atoms with E-state index in [1.165, 1.54) is 17.7 Å². The van der Waals surface area contributed by atoms with Gasteiger partial charge in [0.1, 0.15) is 29.6 Å². The van der Waals surface area contributed by atoms with Crippen LogP contribution in [0.5, 0.6) is 0 Å². The normalized spacial score (nSPS) is 18.9. The summed E-state index contributed by atoms with van der Waals surface area (Å²) in [5.41, 5.74) is 0. The monoisotopic (exact) mass is 330 g/mol. The molecule has 1 saturated heterocycles. The zero-order valence-electron chi connectivity index (χ0n) is 11.4. The summed E-state index contributed by atoms with van der Waals surface area (Å²) < 4.78 is 36.7. The minimum Gasteiger partial charge on any atom is -0.345 e. The maximum Gasteiger partial charge on any atom is 0.405 e. The van der Waals surface area contributed by atoms with Crippen LogP contribution in [0.1, 0.15) is 12.8 Å². The zero-order chi connectivity index (χ0) is 15.7. The van der Waals surface area contributed by atoms with E-state index in [0.717, 1.165) is 16.6 Å². The molecule has 0 bridgehead atoms. The van der Waals surface area contributed by atoms with Gasteiger partial charge in [-0.25, -0.2) is 9.97 Å². The van der Waals surface area contributed by atoms with E-state index >= 15 is 0 Å². The Morgan fingerprint density at radius 2 is 2.27 bits per heavy atom. The largest absolute Gasteiger partial charge is 0.405 e. The van der Waals surface area contributed by atoms with Crippen molar-refractivity contribution in [3.8, 4) is 0 Å². The third-order valence-corrected chi connectivity index (χ3v) is 4.35. The third-order valence-electron chi connectivity index (χ3n) is 3.53. The number of fused-ring (bicyclic) bond motifs is 1. The van der Waals surface area contributed by atoms with Gasteiger partial charge in [0.25, 0.3) is 0 Å². The van der Waals surface area contributed by atoms with Crippen LogP contribution in [0.2, 0.25) is 0 Å². The second-order valence-corrected chi connectivity index (χ2v) is 5.92. The number of amides is 1. The predicted octanol–water partition coefficient (Wildman–Crippen LogP) is 2.34. The van der Waals surface area contributed by atoms with Crippen LogP contribution in [0.15, 0.2) is 17.8 Å². The van der Waals surface area contributed by atoms with Gasteiger partial charge in [0, 0.05) is 6.54 Å². The lowest BCUT2D eigenvalue weighted by molar-refractivity contribution is -0.139. The molecule has 0 aromatic carbocycles. The third kappa shape index (κ3) is 2.99. The first-order valence-corrected chi connectivity index (χ1v) is 7.63. The summed E-state index contributed by atoms with van der Waals surface area (Å²) >= 11 is 1.46. The van der Waals surface area contributed by atoms with Gasteiger partial charge in [-0.2, -0.15) is 13.2 Å². The molecule has 1 amide bonds. The fourth-order valence-corrected chi connectivity index (χ4v) is 3.33. The van der Waals surface area contributed by atoms with Crippen LogP contribution >= 0.6 is 11.3 Å². The van der Waals surface area contributed by atoms with Gasteiger partial charge in [0.2, 0.25) is 5.91 Å². The molecule has 5 nitrogen and oxygen atoms in total. The summed E-state index contributed by atoms with van der Waals surface area (Å²) in [5.74, 6) is -0.00674. The lowest BCUT2D eigenvalue weighted by atomic mass is 10.2. The van der Waals surface area contributed by atoms with Gasteiger partial charge in [-0.3, -0.25) is 4.79 Å². The first-order chi connectivity index (χ1) is 10.5. The number of thiophene rings is 1. The maximum absolute atomic E-state index is 12.2. The van der Waals surface area contributed by atoms with Crippen LogP contribution in [-0.4, -0.2) is 41.2 Å². The molecule has 0 spiro atoms. The van der Waals surface area contributed by atoms with E-state index in [1.54, 1.807) is 4.90 Å². The van der Waals surface area contributed by atoms with Crippen molar-refractivity contribution < 1.29 is 18.0 Å². The van der Waals surface area contributed by atoms with E-state index < -0.39 is 24.7 Å². The minimum atomic E-state index is -4.41. The zero-order valence-corrected chi connectivity index (χ0v) is 12.2. The van der Waals surface area contributed by atoms with Crippen molar-refractivity contribution in [2.45, 2.75) is 25.1 Å². The Morgan fingerprint density at radius 3 is 3.05 bits per heavy atom. The minimum absolute atomic E-state index is 0.513. The molecular formula is C13H13F3N4OS. The highest BCUT2D eigenvalue weighted by Crippen LogP contribution is 2.31. The van der Waals surface area contributed by atoms with E-state index in [1.807, 2.05) is 16.8 Å². The number of carbonyl (C=O) groups is 1. The summed E-state index contributed by atoms with van der Waals surface area (Å²) in [6, 6.07) is 1.23. The van der Waals surface area contributed by atoms with Crippen LogP contribution in [-0.2, 0) is 4.79 Å². The maximum atomic E-state index is 12.2. The second kappa shape index (κ2) is 5.71. The van der Waals surface area contributed by atoms with Gasteiger partial charge in [0.15, 0.2) is 0 Å². The van der Waals surface area contributed by atoms with Crippen LogP contribution in [0, 0.1) is 0 Å². The number of halogens is 3. The van der Waals surface area contributed by atoms with Crippen molar-refractivity contribution in [1.29, 1.82) is 0 Å². The SMILES string of the molecule is O=C(NCC(F)(F)F)[C@H]1CCCN1c1ncnc2sccc12. The molecule has 3 rings (SSSR count). The average molecular weight is 330 g/mol. The van der Waals surface area contributed by atoms with Gasteiger partial charge in [-0.15, -0.1) is 11.3 Å². The van der Waals surface area contributed by atoms with Crippen molar-refractivity contribution in [2.75, 3.05) is 18.0 Å². The topological polar surface area (TPSA) is 58.1 Å². The van der Waals surface area contributed by atoms with Gasteiger partial charge >= 0.3 is 6.18 Å². The molecular weight excluding hydrogens is 317 g/mol. The number of nitrogens with one attached hydrogen (secondary N) is 1. The van der Waals surface area contributed by atoms with E-state index in [0.29, 0.717) is 18.8 Å². The van der Waals surface area contributed by atoms with E-state index in [4.69, 9.17) is 0 Å². The number of alkyl halides is 3. The number of carbonyl (C=O) groups excluding carboxylic acids is 1. The summed E-state index contributed by atoms with van der Waals surface area (Å²) in [6.45, 7) is -0.722. The number of hydrogen-bond donors (Lipinski definition) is 1. The lowest BCUT2D eigenvalue weighted by Crippen LogP contribution is -2.46. The molecule has 1 aliphatic rings. The molecule has 2 aromatic rings. The Kier molecular flexibility index (Phi) is 3.90. The molecule has 9 heteroatoms. The number of nitrogens with zero attached hydrogens (tertiary/aromatic N) is 3. The Balaban J connectivity index is 1.81. The second-order valence-electron chi connectivity index (χ2n) is 5.02. The highest BCUT2D eigenvalue weighted by atomic mass is 32.1. The molecule has 1 aliphatic heterocycles. The van der Waals surface area contributed by atoms with E-state index in [-0.39, 0.29) is 0 Å². The van der Waals surface area contributed by atoms with Crippen molar-refractivity contribution in [1.82, 2.24) is 15.3 Å². The molecule has 1 N–H and O–H groups in total. The van der Waals surface area contributed by atoms with Crippen molar-refractivity contribution >= 4 is 33.3 Å². The molecule has 1 atom stereocenters. The standard InChI is InChI=1S/C13H13F3N4OS/c14-13(15,16)6-17-11(21)9-2-1-4-20(9)10-8-3-5-22-12(8)19-7-18-10/h3,5,7,9H,1-2,4,6H2,(H,17,21)/t9-/m1/s1. The van der Waals surface area contributed by atoms with Crippen molar-refractivity contribution in [3.05, 3.63) is 17.8 Å². The van der Waals surface area contributed by atoms with E-state index in [2.05, 4.69) is 9.97 Å². The Bertz CT molecular complexity index is 687. The number of aromatic nitrogens is 2. The molecule has 3 heterocycles. The van der Waals surface area contributed by atoms with E-state index in [9.17, 15) is 18.0 Å². The van der Waals surface area contributed by atoms with Crippen LogP contribution < -0.4 is 10.2 Å². The highest BCUT2D eigenvalue weighted by molar-refractivity contribution is 7.16. The molecule has 22 heavy (non-hydrogen) atoms. The van der Waals surface area contributed by atoms with Gasteiger partial charge in [-0.05, 0) is 24.3 Å². The fraction of sp³-hybridized carbons (Fsp3) is 0.462. The Labute approximate surface area is 128 Å². The van der Waals surface area contributed by atoms with Crippen LogP contribution in [0.4, 0.5) is 19.0 Å². The highest BCUT2D eigenvalue weighted by Gasteiger charge is 2.35. The first-order valence-electron chi connectivity index (χ1n) is 6.75. The Morgan fingerprint density at radius 1 is 1.45 bits per heavy atom. The summed E-state index contributed by atoms with van der Waals surface area (Å²) in [7, 11) is 0. The quantitative estimate of drug-likeness (QED) is 0.938. The van der Waals surface area contributed by atoms with Crippen LogP contribution in [0.25, 0.3) is 10.2 Å². The van der Waals surface area contributed by atoms with Crippen LogP contribution in [0.3, 0.4) is 0 Å². The predicted molar refractivity (Wildman–Crippen MR) is 76.8 cm³/mol. The van der Waals surface area contributed by atoms with Gasteiger partial charge in [-0.1, -0.05) is 0 Å². The summed E-state index contributed by atoms with van der Waals surface area (Å²) in [6.07, 6.45) is -1.75. The smallest absolute Gasteiger partial charge is 0.345 e. The molecule has 0 saturated carbocycles. The molecule has 2 aromatic heterocycles. The van der Waals surface area contributed by atoms with Gasteiger partial charge in [0.05, 0.1) is 5.39 Å². The lowest BCUT2D eigenvalue weighted by Gasteiger charge is -2.25. The number of hydrogen-bond acceptors (Lipinski definition) is 5. The molecule has 0 radical (unpaired) electrons. The van der Waals surface area contributed by atoms with Crippen molar-refractivity contribution in [3.63, 3.8) is 0 Å². The summed E-state index contributed by atoms with van der Waals surface area (Å²) in [4.78, 5) is 23.0. The molecule has 118 valence electrons. The number of rotatable bonds is 3. The fourth-order valence-electron chi connectivity index (χ4n) is 2.60. The molecule has 1 fully saturated rings. The first kappa shape index (κ1) is 15.0. The van der Waals surface area contributed by atoms with Crippen molar-refractivity contribution in [2.24, 2.45) is 0 Å². The molecule has 0 unspecified atom stereocenters. The number of anilines is 1. The van der Waals surface area contributed by atoms with Gasteiger partial charge < -0.3 is 10.2 Å². The molecule has 0 aliphatic carbocycles. The average Bonchev–Trinajstić information content (AvgIpc) is 3.11. The Hall–Kier alpha value is -1.90. The summed E-state index contributed by atoms with van der Waals surface area (Å²) in [5, 5.41) is 4.65.